The average molecular weight is 298 g/mol. The SMILES string of the molecule is O=C(NCCc1cc(F)cc(F)c1)NCC1(C(=O)O)CC1. The van der Waals surface area contributed by atoms with Crippen molar-refractivity contribution in [3.63, 3.8) is 0 Å². The summed E-state index contributed by atoms with van der Waals surface area (Å²) >= 11 is 0. The van der Waals surface area contributed by atoms with E-state index in [-0.39, 0.29) is 19.5 Å². The molecule has 0 aromatic heterocycles. The summed E-state index contributed by atoms with van der Waals surface area (Å²) in [6.07, 6.45) is 1.41. The predicted octanol–water partition coefficient (Wildman–Crippen LogP) is 1.67. The maximum Gasteiger partial charge on any atom is 0.314 e. The molecule has 1 saturated carbocycles. The lowest BCUT2D eigenvalue weighted by Gasteiger charge is -2.12. The van der Waals surface area contributed by atoms with Gasteiger partial charge in [0, 0.05) is 19.2 Å². The summed E-state index contributed by atoms with van der Waals surface area (Å²) in [7, 11) is 0. The Morgan fingerprint density at radius 3 is 2.29 bits per heavy atom. The van der Waals surface area contributed by atoms with Crippen LogP contribution >= 0.6 is 0 Å². The van der Waals surface area contributed by atoms with Crippen molar-refractivity contribution >= 4 is 12.0 Å². The summed E-state index contributed by atoms with van der Waals surface area (Å²) in [5, 5.41) is 14.0. The van der Waals surface area contributed by atoms with Crippen LogP contribution in [-0.4, -0.2) is 30.2 Å². The van der Waals surface area contributed by atoms with E-state index in [0.29, 0.717) is 18.4 Å². The quantitative estimate of drug-likeness (QED) is 0.747. The van der Waals surface area contributed by atoms with Gasteiger partial charge >= 0.3 is 12.0 Å². The standard InChI is InChI=1S/C14H16F2N2O3/c15-10-5-9(6-11(16)7-10)1-4-17-13(21)18-8-14(2-3-14)12(19)20/h5-7H,1-4,8H2,(H,19,20)(H2,17,18,21). The zero-order valence-electron chi connectivity index (χ0n) is 11.3. The van der Waals surface area contributed by atoms with E-state index in [9.17, 15) is 18.4 Å². The minimum Gasteiger partial charge on any atom is -0.481 e. The highest BCUT2D eigenvalue weighted by Crippen LogP contribution is 2.45. The Bertz CT molecular complexity index is 539. The molecule has 1 aromatic rings. The lowest BCUT2D eigenvalue weighted by molar-refractivity contribution is -0.143. The lowest BCUT2D eigenvalue weighted by atomic mass is 10.1. The van der Waals surface area contributed by atoms with E-state index in [2.05, 4.69) is 10.6 Å². The van der Waals surface area contributed by atoms with Crippen LogP contribution in [0, 0.1) is 17.0 Å². The van der Waals surface area contributed by atoms with E-state index < -0.39 is 29.0 Å². The number of benzene rings is 1. The first-order chi connectivity index (χ1) is 9.91. The zero-order valence-corrected chi connectivity index (χ0v) is 11.3. The van der Waals surface area contributed by atoms with Crippen molar-refractivity contribution < 1.29 is 23.5 Å². The molecule has 0 radical (unpaired) electrons. The molecule has 1 aliphatic rings. The van der Waals surface area contributed by atoms with Gasteiger partial charge in [0.25, 0.3) is 0 Å². The van der Waals surface area contributed by atoms with E-state index in [1.54, 1.807) is 0 Å². The van der Waals surface area contributed by atoms with Gasteiger partial charge in [0.1, 0.15) is 11.6 Å². The van der Waals surface area contributed by atoms with Gasteiger partial charge in [-0.1, -0.05) is 0 Å². The van der Waals surface area contributed by atoms with Gasteiger partial charge in [0.2, 0.25) is 0 Å². The minimum atomic E-state index is -0.905. The van der Waals surface area contributed by atoms with Crippen molar-refractivity contribution in [1.82, 2.24) is 10.6 Å². The van der Waals surface area contributed by atoms with Gasteiger partial charge in [-0.3, -0.25) is 4.79 Å². The van der Waals surface area contributed by atoms with Gasteiger partial charge in [-0.15, -0.1) is 0 Å². The van der Waals surface area contributed by atoms with Crippen LogP contribution in [0.5, 0.6) is 0 Å². The van der Waals surface area contributed by atoms with Crippen LogP contribution in [0.25, 0.3) is 0 Å². The van der Waals surface area contributed by atoms with Crippen molar-refractivity contribution in [3.8, 4) is 0 Å². The summed E-state index contributed by atoms with van der Waals surface area (Å²) in [5.74, 6) is -2.23. The fourth-order valence-electron chi connectivity index (χ4n) is 2.00. The Labute approximate surface area is 120 Å². The van der Waals surface area contributed by atoms with Crippen LogP contribution in [0.4, 0.5) is 13.6 Å². The third-order valence-electron chi connectivity index (χ3n) is 3.52. The highest BCUT2D eigenvalue weighted by molar-refractivity contribution is 5.80. The number of carbonyl (C=O) groups is 2. The summed E-state index contributed by atoms with van der Waals surface area (Å²) in [5.41, 5.74) is -0.375. The van der Waals surface area contributed by atoms with E-state index in [1.807, 2.05) is 0 Å². The normalized spacial score (nSPS) is 15.3. The topological polar surface area (TPSA) is 78.4 Å². The molecule has 2 amide bonds. The molecule has 0 unspecified atom stereocenters. The number of carboxylic acids is 1. The summed E-state index contributed by atoms with van der Waals surface area (Å²) in [6.45, 7) is 0.289. The molecule has 0 bridgehead atoms. The molecule has 21 heavy (non-hydrogen) atoms. The Morgan fingerprint density at radius 1 is 1.14 bits per heavy atom. The molecule has 0 saturated heterocycles. The van der Waals surface area contributed by atoms with E-state index in [0.717, 1.165) is 6.07 Å². The summed E-state index contributed by atoms with van der Waals surface area (Å²) in [6, 6.07) is 2.70. The third kappa shape index (κ3) is 4.14. The maximum absolute atomic E-state index is 13.0. The molecule has 0 aliphatic heterocycles. The molecular formula is C14H16F2N2O3. The Hall–Kier alpha value is -2.18. The molecule has 1 fully saturated rings. The fourth-order valence-corrected chi connectivity index (χ4v) is 2.00. The number of nitrogens with one attached hydrogen (secondary N) is 2. The van der Waals surface area contributed by atoms with E-state index in [4.69, 9.17) is 5.11 Å². The monoisotopic (exact) mass is 298 g/mol. The number of halogens is 2. The number of hydrogen-bond acceptors (Lipinski definition) is 2. The second-order valence-corrected chi connectivity index (χ2v) is 5.22. The average Bonchev–Trinajstić information content (AvgIpc) is 3.16. The molecule has 5 nitrogen and oxygen atoms in total. The van der Waals surface area contributed by atoms with Crippen LogP contribution in [0.3, 0.4) is 0 Å². The molecule has 7 heteroatoms. The molecule has 0 spiro atoms. The Balaban J connectivity index is 1.71. The van der Waals surface area contributed by atoms with Gasteiger partial charge in [0.05, 0.1) is 5.41 Å². The second kappa shape index (κ2) is 6.07. The molecule has 1 aliphatic carbocycles. The zero-order chi connectivity index (χ0) is 15.5. The molecule has 0 heterocycles. The highest BCUT2D eigenvalue weighted by atomic mass is 19.1. The van der Waals surface area contributed by atoms with Crippen LogP contribution in [0.15, 0.2) is 18.2 Å². The number of amides is 2. The van der Waals surface area contributed by atoms with E-state index in [1.165, 1.54) is 12.1 Å². The van der Waals surface area contributed by atoms with Crippen LogP contribution in [0.1, 0.15) is 18.4 Å². The van der Waals surface area contributed by atoms with Crippen LogP contribution < -0.4 is 10.6 Å². The van der Waals surface area contributed by atoms with Crippen molar-refractivity contribution in [2.45, 2.75) is 19.3 Å². The number of carboxylic acid groups (broad SMARTS) is 1. The van der Waals surface area contributed by atoms with Crippen LogP contribution in [0.2, 0.25) is 0 Å². The maximum atomic E-state index is 13.0. The molecular weight excluding hydrogens is 282 g/mol. The van der Waals surface area contributed by atoms with Crippen molar-refractivity contribution in [3.05, 3.63) is 35.4 Å². The lowest BCUT2D eigenvalue weighted by Crippen LogP contribution is -2.41. The summed E-state index contributed by atoms with van der Waals surface area (Å²) < 4.78 is 25.9. The largest absolute Gasteiger partial charge is 0.481 e. The number of aliphatic carboxylic acids is 1. The number of carbonyl (C=O) groups excluding carboxylic acids is 1. The van der Waals surface area contributed by atoms with Crippen LogP contribution in [-0.2, 0) is 11.2 Å². The van der Waals surface area contributed by atoms with Crippen molar-refractivity contribution in [1.29, 1.82) is 0 Å². The number of urea groups is 1. The first-order valence-electron chi connectivity index (χ1n) is 6.61. The van der Waals surface area contributed by atoms with Gasteiger partial charge in [-0.05, 0) is 37.0 Å². The first kappa shape index (κ1) is 15.2. The fraction of sp³-hybridized carbons (Fsp3) is 0.429. The van der Waals surface area contributed by atoms with Gasteiger partial charge in [-0.25, -0.2) is 13.6 Å². The van der Waals surface area contributed by atoms with Gasteiger partial charge < -0.3 is 15.7 Å². The smallest absolute Gasteiger partial charge is 0.314 e. The Morgan fingerprint density at radius 2 is 1.76 bits per heavy atom. The molecule has 114 valence electrons. The van der Waals surface area contributed by atoms with Gasteiger partial charge in [-0.2, -0.15) is 0 Å². The minimum absolute atomic E-state index is 0.0861. The number of hydrogen-bond donors (Lipinski definition) is 3. The Kier molecular flexibility index (Phi) is 4.40. The molecule has 3 N–H and O–H groups in total. The van der Waals surface area contributed by atoms with Crippen molar-refractivity contribution in [2.24, 2.45) is 5.41 Å². The molecule has 1 aromatic carbocycles. The molecule has 0 atom stereocenters. The molecule has 2 rings (SSSR count). The highest BCUT2D eigenvalue weighted by Gasteiger charge is 2.50. The van der Waals surface area contributed by atoms with Gasteiger partial charge in [0.15, 0.2) is 0 Å². The van der Waals surface area contributed by atoms with E-state index >= 15 is 0 Å². The second-order valence-electron chi connectivity index (χ2n) is 5.22. The first-order valence-corrected chi connectivity index (χ1v) is 6.61. The third-order valence-corrected chi connectivity index (χ3v) is 3.52. The number of rotatable bonds is 6. The van der Waals surface area contributed by atoms with Crippen molar-refractivity contribution in [2.75, 3.05) is 13.1 Å². The summed E-state index contributed by atoms with van der Waals surface area (Å²) in [4.78, 5) is 22.4. The predicted molar refractivity (Wildman–Crippen MR) is 70.8 cm³/mol.